The monoisotopic (exact) mass is 469 g/mol. The lowest BCUT2D eigenvalue weighted by molar-refractivity contribution is 0.0606. The number of aryl methyl sites for hydroxylation is 2. The molecule has 2 aromatic heterocycles. The Morgan fingerprint density at radius 1 is 1.16 bits per heavy atom. The number of nitrogens with one attached hydrogen (secondary N) is 1. The van der Waals surface area contributed by atoms with Gasteiger partial charge < -0.3 is 14.8 Å². The number of anilines is 1. The van der Waals surface area contributed by atoms with E-state index in [1.807, 2.05) is 32.0 Å². The summed E-state index contributed by atoms with van der Waals surface area (Å²) >= 11 is 7.49. The molecule has 0 saturated carbocycles. The maximum atomic E-state index is 12.6. The molecule has 32 heavy (non-hydrogen) atoms. The second-order valence-electron chi connectivity index (χ2n) is 7.18. The number of thiophene rings is 1. The average molecular weight is 470 g/mol. The van der Waals surface area contributed by atoms with Gasteiger partial charge in [0.05, 0.1) is 12.1 Å². The van der Waals surface area contributed by atoms with E-state index in [1.165, 1.54) is 18.4 Å². The van der Waals surface area contributed by atoms with Crippen molar-refractivity contribution in [2.24, 2.45) is 0 Å². The zero-order valence-corrected chi connectivity index (χ0v) is 19.2. The predicted molar refractivity (Wildman–Crippen MR) is 125 cm³/mol. The Morgan fingerprint density at radius 3 is 2.72 bits per heavy atom. The number of hydrogen-bond acceptors (Lipinski definition) is 6. The van der Waals surface area contributed by atoms with E-state index in [0.717, 1.165) is 27.0 Å². The average Bonchev–Trinajstić information content (AvgIpc) is 3.37. The van der Waals surface area contributed by atoms with Crippen molar-refractivity contribution >= 4 is 50.6 Å². The van der Waals surface area contributed by atoms with Crippen LogP contribution in [0.2, 0.25) is 5.02 Å². The van der Waals surface area contributed by atoms with Gasteiger partial charge in [-0.2, -0.15) is 5.10 Å². The van der Waals surface area contributed by atoms with Crippen molar-refractivity contribution in [2.45, 2.75) is 20.6 Å². The van der Waals surface area contributed by atoms with E-state index in [4.69, 9.17) is 21.1 Å². The van der Waals surface area contributed by atoms with E-state index in [1.54, 1.807) is 35.1 Å². The summed E-state index contributed by atoms with van der Waals surface area (Å²) in [6.45, 7) is 4.20. The van der Waals surface area contributed by atoms with Crippen molar-refractivity contribution < 1.29 is 19.1 Å². The van der Waals surface area contributed by atoms with Gasteiger partial charge in [-0.1, -0.05) is 29.3 Å². The predicted octanol–water partition coefficient (Wildman–Crippen LogP) is 5.44. The molecule has 0 atom stereocenters. The lowest BCUT2D eigenvalue weighted by Gasteiger charge is -2.09. The van der Waals surface area contributed by atoms with Gasteiger partial charge in [0.1, 0.15) is 10.6 Å². The van der Waals surface area contributed by atoms with Crippen molar-refractivity contribution in [1.29, 1.82) is 0 Å². The maximum absolute atomic E-state index is 12.6. The molecule has 4 aromatic rings. The number of rotatable bonds is 6. The van der Waals surface area contributed by atoms with Crippen molar-refractivity contribution in [2.75, 3.05) is 12.4 Å². The summed E-state index contributed by atoms with van der Waals surface area (Å²) in [6, 6.07) is 12.8. The summed E-state index contributed by atoms with van der Waals surface area (Å²) in [5.41, 5.74) is 3.03. The third kappa shape index (κ3) is 4.46. The minimum absolute atomic E-state index is 0.188. The smallest absolute Gasteiger partial charge is 0.349 e. The standard InChI is InChI=1S/C23H20ClN3O4S/c1-13-4-7-18(14(2)10-13)31-12-27-9-8-17(26-27)22(28)25-15-5-6-16-19(11-15)32-21(20(16)24)23(29)30-3/h4-11H,12H2,1-3H3,(H,25,28). The molecule has 164 valence electrons. The second kappa shape index (κ2) is 9.02. The van der Waals surface area contributed by atoms with E-state index < -0.39 is 5.97 Å². The van der Waals surface area contributed by atoms with Gasteiger partial charge in [0, 0.05) is 22.0 Å². The molecule has 0 saturated heterocycles. The summed E-state index contributed by atoms with van der Waals surface area (Å²) < 4.78 is 12.9. The Hall–Kier alpha value is -3.36. The molecule has 0 aliphatic heterocycles. The van der Waals surface area contributed by atoms with Crippen LogP contribution >= 0.6 is 22.9 Å². The Kier molecular flexibility index (Phi) is 6.16. The fourth-order valence-corrected chi connectivity index (χ4v) is 4.68. The third-order valence-electron chi connectivity index (χ3n) is 4.81. The van der Waals surface area contributed by atoms with Crippen LogP contribution in [0.15, 0.2) is 48.7 Å². The van der Waals surface area contributed by atoms with Crippen LogP contribution in [0, 0.1) is 13.8 Å². The largest absolute Gasteiger partial charge is 0.471 e. The van der Waals surface area contributed by atoms with Gasteiger partial charge in [0.15, 0.2) is 12.4 Å². The Balaban J connectivity index is 1.44. The van der Waals surface area contributed by atoms with Gasteiger partial charge in [-0.25, -0.2) is 9.48 Å². The molecule has 1 amide bonds. The molecular weight excluding hydrogens is 450 g/mol. The number of halogens is 1. The molecule has 4 rings (SSSR count). The van der Waals surface area contributed by atoms with Crippen LogP contribution in [0.5, 0.6) is 5.75 Å². The fourth-order valence-electron chi connectivity index (χ4n) is 3.21. The van der Waals surface area contributed by atoms with Crippen molar-refractivity contribution in [3.8, 4) is 5.75 Å². The molecule has 2 heterocycles. The zero-order valence-electron chi connectivity index (χ0n) is 17.6. The molecule has 0 radical (unpaired) electrons. The number of fused-ring (bicyclic) bond motifs is 1. The van der Waals surface area contributed by atoms with Crippen LogP contribution in [0.3, 0.4) is 0 Å². The molecular formula is C23H20ClN3O4S. The third-order valence-corrected chi connectivity index (χ3v) is 6.45. The Morgan fingerprint density at radius 2 is 1.97 bits per heavy atom. The van der Waals surface area contributed by atoms with E-state index in [0.29, 0.717) is 15.6 Å². The molecule has 0 bridgehead atoms. The highest BCUT2D eigenvalue weighted by Crippen LogP contribution is 2.37. The quantitative estimate of drug-likeness (QED) is 0.380. The maximum Gasteiger partial charge on any atom is 0.349 e. The lowest BCUT2D eigenvalue weighted by Crippen LogP contribution is -2.14. The number of ether oxygens (including phenoxy) is 2. The second-order valence-corrected chi connectivity index (χ2v) is 8.61. The molecule has 0 unspecified atom stereocenters. The molecule has 2 aromatic carbocycles. The van der Waals surface area contributed by atoms with E-state index in [-0.39, 0.29) is 18.3 Å². The first-order valence-corrected chi connectivity index (χ1v) is 10.9. The summed E-state index contributed by atoms with van der Waals surface area (Å²) in [5, 5.41) is 8.17. The first kappa shape index (κ1) is 21.9. The van der Waals surface area contributed by atoms with Gasteiger partial charge in [-0.3, -0.25) is 4.79 Å². The normalized spacial score (nSPS) is 10.9. The van der Waals surface area contributed by atoms with Crippen molar-refractivity contribution in [3.05, 3.63) is 75.4 Å². The van der Waals surface area contributed by atoms with Gasteiger partial charge in [-0.05, 0) is 49.7 Å². The number of hydrogen-bond donors (Lipinski definition) is 1. The summed E-state index contributed by atoms with van der Waals surface area (Å²) in [4.78, 5) is 24.8. The minimum Gasteiger partial charge on any atom is -0.471 e. The molecule has 0 spiro atoms. The molecule has 9 heteroatoms. The van der Waals surface area contributed by atoms with Crippen LogP contribution in [0.4, 0.5) is 5.69 Å². The van der Waals surface area contributed by atoms with Crippen molar-refractivity contribution in [3.63, 3.8) is 0 Å². The highest BCUT2D eigenvalue weighted by atomic mass is 35.5. The molecule has 0 fully saturated rings. The highest BCUT2D eigenvalue weighted by molar-refractivity contribution is 7.21. The van der Waals surface area contributed by atoms with Gasteiger partial charge in [0.2, 0.25) is 0 Å². The first-order valence-electron chi connectivity index (χ1n) is 9.71. The molecule has 0 aliphatic rings. The lowest BCUT2D eigenvalue weighted by atomic mass is 10.1. The number of nitrogens with zero attached hydrogens (tertiary/aromatic N) is 2. The van der Waals surface area contributed by atoms with Crippen LogP contribution in [-0.4, -0.2) is 28.8 Å². The number of aromatic nitrogens is 2. The van der Waals surface area contributed by atoms with Gasteiger partial charge in [0.25, 0.3) is 5.91 Å². The summed E-state index contributed by atoms with van der Waals surface area (Å²) in [7, 11) is 1.31. The van der Waals surface area contributed by atoms with Crippen LogP contribution in [-0.2, 0) is 11.5 Å². The highest BCUT2D eigenvalue weighted by Gasteiger charge is 2.18. The van der Waals surface area contributed by atoms with Gasteiger partial charge >= 0.3 is 5.97 Å². The van der Waals surface area contributed by atoms with Crippen molar-refractivity contribution in [1.82, 2.24) is 9.78 Å². The Bertz CT molecular complexity index is 1330. The number of amides is 1. The van der Waals surface area contributed by atoms with Crippen LogP contribution in [0.25, 0.3) is 10.1 Å². The molecule has 7 nitrogen and oxygen atoms in total. The minimum atomic E-state index is -0.490. The first-order chi connectivity index (χ1) is 15.4. The molecule has 1 N–H and O–H groups in total. The number of benzene rings is 2. The van der Waals surface area contributed by atoms with Gasteiger partial charge in [-0.15, -0.1) is 11.3 Å². The zero-order chi connectivity index (χ0) is 22.8. The fraction of sp³-hybridized carbons (Fsp3) is 0.174. The summed E-state index contributed by atoms with van der Waals surface area (Å²) in [5.74, 6) is -0.0767. The van der Waals surface area contributed by atoms with E-state index in [9.17, 15) is 9.59 Å². The number of methoxy groups -OCH3 is 1. The molecule has 0 aliphatic carbocycles. The van der Waals surface area contributed by atoms with E-state index in [2.05, 4.69) is 10.4 Å². The number of carbonyl (C=O) groups is 2. The Labute approximate surface area is 193 Å². The summed E-state index contributed by atoms with van der Waals surface area (Å²) in [6.07, 6.45) is 1.68. The number of esters is 1. The van der Waals surface area contributed by atoms with E-state index >= 15 is 0 Å². The number of carbonyl (C=O) groups excluding carboxylic acids is 2. The topological polar surface area (TPSA) is 82.5 Å². The van der Waals surface area contributed by atoms with Crippen LogP contribution < -0.4 is 10.1 Å². The SMILES string of the molecule is COC(=O)c1sc2cc(NC(=O)c3ccn(COc4ccc(C)cc4C)n3)ccc2c1Cl. The van der Waals surface area contributed by atoms with Crippen LogP contribution in [0.1, 0.15) is 31.3 Å².